The van der Waals surface area contributed by atoms with E-state index in [-0.39, 0.29) is 30.1 Å². The van der Waals surface area contributed by atoms with Crippen LogP contribution in [0.15, 0.2) is 29.8 Å². The van der Waals surface area contributed by atoms with Crippen molar-refractivity contribution in [3.05, 3.63) is 40.4 Å². The predicted molar refractivity (Wildman–Crippen MR) is 178 cm³/mol. The minimum Gasteiger partial charge on any atom is -0.454 e. The van der Waals surface area contributed by atoms with Crippen molar-refractivity contribution in [2.45, 2.75) is 127 Å². The molecule has 0 aromatic heterocycles. The van der Waals surface area contributed by atoms with Crippen molar-refractivity contribution in [3.8, 4) is 0 Å². The SMILES string of the molecule is CC(=O)O[C@@H]1C(C)=C[C@@H]2[C@H](C(C)CNC3CCCCCC3)CC[C@@H](C)[C@]2(O)[C@H]1OC(=O)[C@@H]1C[C@@]2(O)c3cccc(Cl)c3N(C)O[C@H]2N1. The van der Waals surface area contributed by atoms with Gasteiger partial charge in [0.1, 0.15) is 17.2 Å². The van der Waals surface area contributed by atoms with Crippen LogP contribution in [0.25, 0.3) is 0 Å². The zero-order valence-corrected chi connectivity index (χ0v) is 29.1. The van der Waals surface area contributed by atoms with Crippen LogP contribution in [0, 0.1) is 23.7 Å². The molecule has 0 spiro atoms. The molecule has 4 N–H and O–H groups in total. The Morgan fingerprint density at radius 1 is 1.15 bits per heavy atom. The first-order chi connectivity index (χ1) is 22.3. The number of carbonyl (C=O) groups is 2. The maximum Gasteiger partial charge on any atom is 0.323 e. The van der Waals surface area contributed by atoms with Gasteiger partial charge in [0.2, 0.25) is 0 Å². The Labute approximate surface area is 283 Å². The summed E-state index contributed by atoms with van der Waals surface area (Å²) in [5.41, 5.74) is -1.16. The Bertz CT molecular complexity index is 1370. The molecule has 3 aliphatic carbocycles. The number of carbonyl (C=O) groups excluding carboxylic acids is 2. The molecular weight excluding hydrogens is 622 g/mol. The maximum absolute atomic E-state index is 14.1. The van der Waals surface area contributed by atoms with Gasteiger partial charge in [-0.05, 0) is 68.5 Å². The monoisotopic (exact) mass is 673 g/mol. The van der Waals surface area contributed by atoms with E-state index in [1.807, 2.05) is 13.8 Å². The van der Waals surface area contributed by atoms with Crippen molar-refractivity contribution < 1.29 is 34.1 Å². The van der Waals surface area contributed by atoms with Crippen LogP contribution < -0.4 is 15.7 Å². The van der Waals surface area contributed by atoms with Gasteiger partial charge in [-0.1, -0.05) is 69.3 Å². The summed E-state index contributed by atoms with van der Waals surface area (Å²) in [5.74, 6) is -1.28. The van der Waals surface area contributed by atoms with Gasteiger partial charge >= 0.3 is 11.9 Å². The maximum atomic E-state index is 14.1. The van der Waals surface area contributed by atoms with Crippen molar-refractivity contribution >= 4 is 29.2 Å². The van der Waals surface area contributed by atoms with E-state index < -0.39 is 47.6 Å². The summed E-state index contributed by atoms with van der Waals surface area (Å²) in [6.45, 7) is 8.30. The molecule has 47 heavy (non-hydrogen) atoms. The number of rotatable bonds is 7. The Hall–Kier alpha value is -2.21. The van der Waals surface area contributed by atoms with Gasteiger partial charge in [0, 0.05) is 37.9 Å². The van der Waals surface area contributed by atoms with Crippen LogP contribution >= 0.6 is 11.6 Å². The Balaban J connectivity index is 1.25. The standard InChI is InChI=1S/C36H52ClN3O7/c1-20-17-27-25(21(2)19-38-24-11-8-6-7-9-12-24)16-15-22(3)36(27,44)32(31(20)45-23(4)41)46-33(42)29-18-35(43)26-13-10-14-28(37)30(26)40(5)47-34(35)39-29/h10,13-14,17,21-22,24-25,27,29,31-32,34,38-39,43-44H,6-9,11-12,15-16,18-19H2,1-5H3/t21?,22-,25+,27-,29+,31-,32+,34-,35-,36-/m1/s1. The van der Waals surface area contributed by atoms with E-state index in [9.17, 15) is 19.8 Å². The second-order valence-electron chi connectivity index (χ2n) is 14.9. The number of halogens is 1. The fraction of sp³-hybridized carbons (Fsp3) is 0.722. The van der Waals surface area contributed by atoms with Gasteiger partial charge in [0.05, 0.1) is 10.7 Å². The van der Waals surface area contributed by atoms with Crippen LogP contribution in [0.1, 0.15) is 91.0 Å². The number of nitrogens with zero attached hydrogens (tertiary/aromatic N) is 1. The van der Waals surface area contributed by atoms with Gasteiger partial charge in [-0.3, -0.25) is 24.8 Å². The molecule has 11 heteroatoms. The van der Waals surface area contributed by atoms with E-state index >= 15 is 0 Å². The summed E-state index contributed by atoms with van der Waals surface area (Å²) in [6.07, 6.45) is 8.28. The normalized spacial score (nSPS) is 37.9. The summed E-state index contributed by atoms with van der Waals surface area (Å²) < 4.78 is 12.1. The Morgan fingerprint density at radius 2 is 1.87 bits per heavy atom. The van der Waals surface area contributed by atoms with E-state index in [2.05, 4.69) is 23.6 Å². The topological polar surface area (TPSA) is 130 Å². The number of benzene rings is 1. The molecule has 1 aromatic carbocycles. The average Bonchev–Trinajstić information content (AvgIpc) is 3.18. The molecule has 0 bridgehead atoms. The molecule has 0 radical (unpaired) electrons. The third kappa shape index (κ3) is 6.34. The number of hydrogen-bond acceptors (Lipinski definition) is 10. The van der Waals surface area contributed by atoms with Crippen LogP contribution in [0.2, 0.25) is 5.02 Å². The van der Waals surface area contributed by atoms with Crippen molar-refractivity contribution in [3.63, 3.8) is 0 Å². The number of nitrogens with one attached hydrogen (secondary N) is 2. The Kier molecular flexibility index (Phi) is 10.0. The molecule has 260 valence electrons. The van der Waals surface area contributed by atoms with Crippen LogP contribution in [-0.2, 0) is 29.5 Å². The lowest BCUT2D eigenvalue weighted by Gasteiger charge is -2.56. The van der Waals surface area contributed by atoms with E-state index in [1.165, 1.54) is 50.5 Å². The highest BCUT2D eigenvalue weighted by Gasteiger charge is 2.62. The highest BCUT2D eigenvalue weighted by molar-refractivity contribution is 6.33. The third-order valence-corrected chi connectivity index (χ3v) is 12.1. The molecule has 5 aliphatic rings. The van der Waals surface area contributed by atoms with Crippen molar-refractivity contribution in [2.75, 3.05) is 18.7 Å². The first-order valence-corrected chi connectivity index (χ1v) is 17.9. The zero-order chi connectivity index (χ0) is 33.7. The third-order valence-electron chi connectivity index (χ3n) is 11.8. The molecule has 2 heterocycles. The highest BCUT2D eigenvalue weighted by atomic mass is 35.5. The van der Waals surface area contributed by atoms with E-state index in [1.54, 1.807) is 25.2 Å². The van der Waals surface area contributed by atoms with Crippen LogP contribution in [0.5, 0.6) is 0 Å². The summed E-state index contributed by atoms with van der Waals surface area (Å²) in [7, 11) is 1.70. The molecule has 10 nitrogen and oxygen atoms in total. The molecule has 2 aliphatic heterocycles. The molecule has 1 unspecified atom stereocenters. The van der Waals surface area contributed by atoms with Gasteiger partial charge < -0.3 is 25.0 Å². The van der Waals surface area contributed by atoms with Gasteiger partial charge in [0.15, 0.2) is 18.4 Å². The highest BCUT2D eigenvalue weighted by Crippen LogP contribution is 2.53. The molecule has 1 aromatic rings. The first-order valence-electron chi connectivity index (χ1n) is 17.5. The number of esters is 2. The smallest absolute Gasteiger partial charge is 0.323 e. The number of fused-ring (bicyclic) bond motifs is 4. The molecule has 10 atom stereocenters. The molecule has 6 rings (SSSR count). The molecule has 0 amide bonds. The second-order valence-corrected chi connectivity index (χ2v) is 15.3. The quantitative estimate of drug-likeness (QED) is 0.183. The van der Waals surface area contributed by atoms with Crippen LogP contribution in [0.4, 0.5) is 5.69 Å². The molecule has 1 saturated heterocycles. The van der Waals surface area contributed by atoms with Gasteiger partial charge in [0.25, 0.3) is 0 Å². The number of hydroxylamine groups is 1. The molecular formula is C36H52ClN3O7. The van der Waals surface area contributed by atoms with Gasteiger partial charge in [-0.2, -0.15) is 0 Å². The van der Waals surface area contributed by atoms with Crippen molar-refractivity contribution in [1.29, 1.82) is 0 Å². The minimum atomic E-state index is -1.55. The van der Waals surface area contributed by atoms with E-state index in [4.69, 9.17) is 25.9 Å². The largest absolute Gasteiger partial charge is 0.454 e. The minimum absolute atomic E-state index is 0.0264. The van der Waals surface area contributed by atoms with Crippen molar-refractivity contribution in [2.24, 2.45) is 23.7 Å². The number of hydrogen-bond donors (Lipinski definition) is 4. The predicted octanol–water partition coefficient (Wildman–Crippen LogP) is 4.74. The lowest BCUT2D eigenvalue weighted by atomic mass is 9.55. The van der Waals surface area contributed by atoms with Crippen molar-refractivity contribution in [1.82, 2.24) is 10.6 Å². The van der Waals surface area contributed by atoms with Gasteiger partial charge in [-0.15, -0.1) is 0 Å². The summed E-state index contributed by atoms with van der Waals surface area (Å²) in [6, 6.07) is 4.82. The van der Waals surface area contributed by atoms with Crippen LogP contribution in [0.3, 0.4) is 0 Å². The van der Waals surface area contributed by atoms with E-state index in [0.29, 0.717) is 22.3 Å². The fourth-order valence-electron chi connectivity index (χ4n) is 9.15. The lowest BCUT2D eigenvalue weighted by Crippen LogP contribution is -2.66. The number of ether oxygens (including phenoxy) is 2. The first kappa shape index (κ1) is 34.6. The average molecular weight is 674 g/mol. The van der Waals surface area contributed by atoms with Crippen LogP contribution in [-0.4, -0.2) is 71.9 Å². The summed E-state index contributed by atoms with van der Waals surface area (Å²) in [5, 5.41) is 33.5. The molecule has 2 saturated carbocycles. The van der Waals surface area contributed by atoms with Gasteiger partial charge in [-0.25, -0.2) is 0 Å². The Morgan fingerprint density at radius 3 is 2.57 bits per heavy atom. The zero-order valence-electron chi connectivity index (χ0n) is 28.3. The summed E-state index contributed by atoms with van der Waals surface area (Å²) >= 11 is 6.46. The van der Waals surface area contributed by atoms with E-state index in [0.717, 1.165) is 25.0 Å². The number of para-hydroxylation sites is 1. The lowest BCUT2D eigenvalue weighted by molar-refractivity contribution is -0.225. The second kappa shape index (κ2) is 13.6. The molecule has 3 fully saturated rings. The fourth-order valence-corrected chi connectivity index (χ4v) is 9.44. The summed E-state index contributed by atoms with van der Waals surface area (Å²) in [4.78, 5) is 32.4. The number of anilines is 1. The number of aliphatic hydroxyl groups is 2.